The van der Waals surface area contributed by atoms with E-state index < -0.39 is 53.9 Å². The zero-order chi connectivity index (χ0) is 23.0. The molecule has 0 aliphatic carbocycles. The monoisotopic (exact) mass is 436 g/mol. The van der Waals surface area contributed by atoms with Gasteiger partial charge in [-0.1, -0.05) is 19.8 Å². The van der Waals surface area contributed by atoms with Crippen molar-refractivity contribution < 1.29 is 53.0 Å². The lowest BCUT2D eigenvalue weighted by atomic mass is 9.80. The molecule has 0 radical (unpaired) electrons. The molecule has 166 valence electrons. The van der Waals surface area contributed by atoms with Crippen LogP contribution in [0.4, 0.5) is 48.3 Å². The topological polar surface area (TPSA) is 9.23 Å². The Hall–Kier alpha value is -1.25. The third-order valence-electron chi connectivity index (χ3n) is 4.62. The Morgan fingerprint density at radius 1 is 0.714 bits per heavy atom. The third kappa shape index (κ3) is 3.91. The molecule has 0 amide bonds. The van der Waals surface area contributed by atoms with Crippen LogP contribution in [0.2, 0.25) is 0 Å². The molecule has 0 saturated carbocycles. The molecular formula is C16H19F11O. The predicted molar refractivity (Wildman–Crippen MR) is 77.8 cm³/mol. The molecule has 0 saturated heterocycles. The van der Waals surface area contributed by atoms with Crippen molar-refractivity contribution in [1.82, 2.24) is 0 Å². The van der Waals surface area contributed by atoms with Crippen molar-refractivity contribution in [3.63, 3.8) is 0 Å². The van der Waals surface area contributed by atoms with Gasteiger partial charge in [-0.3, -0.25) is 0 Å². The first-order chi connectivity index (χ1) is 12.1. The number of ether oxygens (including phenoxy) is 1. The zero-order valence-corrected chi connectivity index (χ0v) is 15.5. The van der Waals surface area contributed by atoms with Gasteiger partial charge >= 0.3 is 24.1 Å². The van der Waals surface area contributed by atoms with Crippen molar-refractivity contribution >= 4 is 0 Å². The molecule has 0 bridgehead atoms. The third-order valence-corrected chi connectivity index (χ3v) is 4.62. The molecule has 0 heterocycles. The van der Waals surface area contributed by atoms with Crippen LogP contribution in [0.5, 0.6) is 0 Å². The second-order valence-electron chi connectivity index (χ2n) is 6.44. The highest BCUT2D eigenvalue weighted by molar-refractivity contribution is 5.25. The molecule has 0 aliphatic rings. The van der Waals surface area contributed by atoms with E-state index in [4.69, 9.17) is 0 Å². The number of alkyl halides is 11. The summed E-state index contributed by atoms with van der Waals surface area (Å²) in [4.78, 5) is 0. The van der Waals surface area contributed by atoms with Crippen molar-refractivity contribution in [2.24, 2.45) is 0 Å². The summed E-state index contributed by atoms with van der Waals surface area (Å²) in [6.07, 6.45) is -21.6. The molecule has 0 aromatic rings. The molecule has 12 heteroatoms. The van der Waals surface area contributed by atoms with E-state index in [0.717, 1.165) is 5.92 Å². The van der Waals surface area contributed by atoms with Crippen LogP contribution in [-0.4, -0.2) is 41.1 Å². The first-order valence-corrected chi connectivity index (χ1v) is 7.86. The van der Waals surface area contributed by atoms with E-state index in [1.165, 1.54) is 5.92 Å². The van der Waals surface area contributed by atoms with Crippen LogP contribution < -0.4 is 0 Å². The SMILES string of the molecule is CC#CC(F)(C(F)(F)F)C(C)(CC)OC(F)(F)C(F)(C(F)(F)F)C(C)(F)CC. The summed E-state index contributed by atoms with van der Waals surface area (Å²) in [7, 11) is 0. The number of rotatable bonds is 7. The lowest BCUT2D eigenvalue weighted by Crippen LogP contribution is -2.71. The summed E-state index contributed by atoms with van der Waals surface area (Å²) >= 11 is 0. The summed E-state index contributed by atoms with van der Waals surface area (Å²) in [5, 5.41) is 0. The van der Waals surface area contributed by atoms with Gasteiger partial charge in [0.2, 0.25) is 0 Å². The van der Waals surface area contributed by atoms with E-state index in [1.807, 2.05) is 0 Å². The van der Waals surface area contributed by atoms with Gasteiger partial charge in [-0.25, -0.2) is 13.2 Å². The van der Waals surface area contributed by atoms with E-state index in [1.54, 1.807) is 0 Å². The molecular weight excluding hydrogens is 417 g/mol. The van der Waals surface area contributed by atoms with Gasteiger partial charge in [0.15, 0.2) is 5.67 Å². The van der Waals surface area contributed by atoms with Crippen LogP contribution in [0.25, 0.3) is 0 Å². The molecule has 28 heavy (non-hydrogen) atoms. The number of hydrogen-bond acceptors (Lipinski definition) is 1. The summed E-state index contributed by atoms with van der Waals surface area (Å²) in [6.45, 7) is 1.89. The van der Waals surface area contributed by atoms with E-state index in [9.17, 15) is 48.3 Å². The Labute approximate surface area is 154 Å². The van der Waals surface area contributed by atoms with Crippen LogP contribution in [-0.2, 0) is 4.74 Å². The second kappa shape index (κ2) is 7.54. The highest BCUT2D eigenvalue weighted by atomic mass is 19.4. The Bertz CT molecular complexity index is 613. The molecule has 0 spiro atoms. The number of halogens is 11. The molecule has 4 atom stereocenters. The fourth-order valence-corrected chi connectivity index (χ4v) is 2.42. The summed E-state index contributed by atoms with van der Waals surface area (Å²) in [6, 6.07) is 0. The lowest BCUT2D eigenvalue weighted by Gasteiger charge is -2.47. The fraction of sp³-hybridized carbons (Fsp3) is 0.875. The van der Waals surface area contributed by atoms with Crippen molar-refractivity contribution in [3.05, 3.63) is 0 Å². The van der Waals surface area contributed by atoms with Crippen LogP contribution in [0, 0.1) is 11.8 Å². The van der Waals surface area contributed by atoms with E-state index in [2.05, 4.69) is 4.74 Å². The van der Waals surface area contributed by atoms with Gasteiger partial charge in [-0.2, -0.15) is 35.1 Å². The Balaban J connectivity index is 6.74. The van der Waals surface area contributed by atoms with Gasteiger partial charge in [0, 0.05) is 0 Å². The van der Waals surface area contributed by atoms with Crippen LogP contribution in [0.15, 0.2) is 0 Å². The Morgan fingerprint density at radius 2 is 1.14 bits per heavy atom. The fourth-order valence-electron chi connectivity index (χ4n) is 2.42. The maximum Gasteiger partial charge on any atom is 0.437 e. The molecule has 0 rings (SSSR count). The minimum atomic E-state index is -6.61. The largest absolute Gasteiger partial charge is 0.437 e. The minimum Gasteiger partial charge on any atom is -0.306 e. The van der Waals surface area contributed by atoms with Crippen molar-refractivity contribution in [3.8, 4) is 11.8 Å². The van der Waals surface area contributed by atoms with Gasteiger partial charge in [-0.05, 0) is 33.6 Å². The van der Waals surface area contributed by atoms with E-state index in [0.29, 0.717) is 20.8 Å². The van der Waals surface area contributed by atoms with E-state index in [-0.39, 0.29) is 13.8 Å². The van der Waals surface area contributed by atoms with Crippen molar-refractivity contribution in [2.75, 3.05) is 0 Å². The molecule has 0 aromatic carbocycles. The summed E-state index contributed by atoms with van der Waals surface area (Å²) in [5.41, 5.74) is -19.1. The van der Waals surface area contributed by atoms with Gasteiger partial charge in [-0.15, -0.1) is 5.92 Å². The van der Waals surface area contributed by atoms with Crippen molar-refractivity contribution in [2.45, 2.75) is 88.5 Å². The first-order valence-electron chi connectivity index (χ1n) is 7.86. The van der Waals surface area contributed by atoms with Crippen molar-refractivity contribution in [1.29, 1.82) is 0 Å². The maximum atomic E-state index is 14.7. The van der Waals surface area contributed by atoms with Crippen LogP contribution in [0.3, 0.4) is 0 Å². The summed E-state index contributed by atoms with van der Waals surface area (Å²) < 4.78 is 155. The maximum absolute atomic E-state index is 14.7. The number of hydrogen-bond donors (Lipinski definition) is 0. The normalized spacial score (nSPS) is 22.1. The summed E-state index contributed by atoms with van der Waals surface area (Å²) in [5.74, 6) is 2.45. The van der Waals surface area contributed by atoms with Gasteiger partial charge in [0.05, 0.1) is 0 Å². The highest BCUT2D eigenvalue weighted by Crippen LogP contribution is 2.57. The molecule has 4 unspecified atom stereocenters. The van der Waals surface area contributed by atoms with Gasteiger partial charge in [0.25, 0.3) is 5.67 Å². The molecule has 0 N–H and O–H groups in total. The highest BCUT2D eigenvalue weighted by Gasteiger charge is 2.82. The zero-order valence-electron chi connectivity index (χ0n) is 15.5. The second-order valence-corrected chi connectivity index (χ2v) is 6.44. The standard InChI is InChI=1S/C16H19F11O/c1-6-9-12(18,14(20,21)22)11(5,8-3)28-16(26,27)13(19,15(23,24)25)10(4,17)7-2/h7-8H2,1-5H3. The van der Waals surface area contributed by atoms with Gasteiger partial charge < -0.3 is 4.74 Å². The minimum absolute atomic E-state index is 0.0526. The van der Waals surface area contributed by atoms with Crippen LogP contribution in [0.1, 0.15) is 47.5 Å². The molecule has 0 aromatic heterocycles. The Kier molecular flexibility index (Phi) is 7.20. The van der Waals surface area contributed by atoms with Gasteiger partial charge in [0.1, 0.15) is 5.60 Å². The van der Waals surface area contributed by atoms with Crippen LogP contribution >= 0.6 is 0 Å². The molecule has 0 fully saturated rings. The lowest BCUT2D eigenvalue weighted by molar-refractivity contribution is -0.442. The van der Waals surface area contributed by atoms with E-state index >= 15 is 0 Å². The average molecular weight is 436 g/mol. The molecule has 1 nitrogen and oxygen atoms in total. The smallest absolute Gasteiger partial charge is 0.306 e. The average Bonchev–Trinajstić information content (AvgIpc) is 2.50. The first kappa shape index (κ1) is 26.8. The Morgan fingerprint density at radius 3 is 1.39 bits per heavy atom. The predicted octanol–water partition coefficient (Wildman–Crippen LogP) is 6.47. The quantitative estimate of drug-likeness (QED) is 0.329. The molecule has 0 aliphatic heterocycles.